The van der Waals surface area contributed by atoms with Gasteiger partial charge in [-0.1, -0.05) is 20.5 Å². The molecular weight excluding hydrogens is 478 g/mol. The molecule has 7 nitrogen and oxygen atoms in total. The fourth-order valence-corrected chi connectivity index (χ4v) is 4.32. The average molecular weight is 499 g/mol. The molecule has 1 aliphatic rings. The number of amides is 2. The highest BCUT2D eigenvalue weighted by molar-refractivity contribution is 9.10. The fraction of sp³-hybridized carbons (Fsp3) is 0.368. The van der Waals surface area contributed by atoms with Gasteiger partial charge in [-0.15, -0.1) is 11.3 Å². The van der Waals surface area contributed by atoms with Crippen molar-refractivity contribution in [2.75, 3.05) is 12.9 Å². The first-order valence-electron chi connectivity index (χ1n) is 8.77. The topological polar surface area (TPSA) is 94.5 Å². The minimum absolute atomic E-state index is 0.0299. The van der Waals surface area contributed by atoms with Gasteiger partial charge in [-0.05, 0) is 57.0 Å². The molecule has 29 heavy (non-hydrogen) atoms. The van der Waals surface area contributed by atoms with Gasteiger partial charge in [0, 0.05) is 21.3 Å². The number of thiazole rings is 1. The molecule has 0 radical (unpaired) electrons. The normalized spacial score (nSPS) is 14.1. The van der Waals surface area contributed by atoms with Crippen molar-refractivity contribution in [3.63, 3.8) is 0 Å². The first kappa shape index (κ1) is 21.8. The van der Waals surface area contributed by atoms with Crippen LogP contribution in [0.25, 0.3) is 11.3 Å². The van der Waals surface area contributed by atoms with Gasteiger partial charge in [0.25, 0.3) is 0 Å². The number of carbonyl (C=O) groups is 2. The lowest BCUT2D eigenvalue weighted by molar-refractivity contribution is -0.354. The van der Waals surface area contributed by atoms with Crippen LogP contribution in [0.5, 0.6) is 5.75 Å². The molecule has 3 rings (SSSR count). The number of carbonyl (C=O) groups excluding carboxylic acids is 2. The largest absolute Gasteiger partial charge is 0.516 e. The van der Waals surface area contributed by atoms with Crippen molar-refractivity contribution in [2.24, 2.45) is 5.73 Å². The van der Waals surface area contributed by atoms with Crippen molar-refractivity contribution < 1.29 is 23.6 Å². The van der Waals surface area contributed by atoms with Crippen LogP contribution in [0.4, 0.5) is 4.79 Å². The van der Waals surface area contributed by atoms with Gasteiger partial charge in [-0.2, -0.15) is 4.79 Å². The summed E-state index contributed by atoms with van der Waals surface area (Å²) in [6.07, 6.45) is 1.47. The zero-order chi connectivity index (χ0) is 21.3. The van der Waals surface area contributed by atoms with Crippen LogP contribution in [0, 0.1) is 0 Å². The lowest BCUT2D eigenvalue weighted by Crippen LogP contribution is -2.39. The lowest BCUT2D eigenvalue weighted by atomic mass is 10.1. The van der Waals surface area contributed by atoms with E-state index in [-0.39, 0.29) is 10.2 Å². The predicted molar refractivity (Wildman–Crippen MR) is 118 cm³/mol. The number of imide groups is 1. The van der Waals surface area contributed by atoms with Gasteiger partial charge in [-0.25, -0.2) is 9.78 Å². The Balaban J connectivity index is 2.03. The second-order valence-corrected chi connectivity index (χ2v) is 10.0. The van der Waals surface area contributed by atoms with Crippen LogP contribution in [0.3, 0.4) is 0 Å². The van der Waals surface area contributed by atoms with Gasteiger partial charge in [0.15, 0.2) is 0 Å². The van der Waals surface area contributed by atoms with E-state index in [2.05, 4.69) is 20.9 Å². The zero-order valence-corrected chi connectivity index (χ0v) is 19.7. The van der Waals surface area contributed by atoms with Crippen molar-refractivity contribution >= 4 is 56.2 Å². The maximum absolute atomic E-state index is 13.2. The number of aromatic nitrogens is 1. The molecule has 1 aromatic carbocycles. The van der Waals surface area contributed by atoms with Gasteiger partial charge in [0.2, 0.25) is 5.01 Å². The lowest BCUT2D eigenvalue weighted by Gasteiger charge is -2.18. The standard InChI is InChI=1S/C19H20BrN3O4S2/c1-19(2,3)27-18(25)23(17(21)28-4)16(24)15-22-14-11-6-5-10(20)9-12(11)26-8-7-13(14)29-15/h5-6,9,21H,7-8H2,1-4H3/p+1. The third-order valence-corrected chi connectivity index (χ3v) is 6.07. The number of nitrogens with zero attached hydrogens (tertiary/aromatic N) is 2. The van der Waals surface area contributed by atoms with Crippen LogP contribution in [0.1, 0.15) is 35.5 Å². The molecule has 0 saturated heterocycles. The Hall–Kier alpha value is -1.91. The van der Waals surface area contributed by atoms with E-state index in [0.717, 1.165) is 31.3 Å². The maximum Gasteiger partial charge on any atom is 0.516 e. The molecule has 0 saturated carbocycles. The zero-order valence-electron chi connectivity index (χ0n) is 16.4. The number of benzene rings is 1. The van der Waals surface area contributed by atoms with Crippen molar-refractivity contribution in [1.82, 2.24) is 4.98 Å². The first-order chi connectivity index (χ1) is 13.6. The highest BCUT2D eigenvalue weighted by Crippen LogP contribution is 2.39. The average Bonchev–Trinajstić information content (AvgIpc) is 2.97. The van der Waals surface area contributed by atoms with E-state index in [1.165, 1.54) is 11.3 Å². The smallest absolute Gasteiger partial charge is 0.492 e. The van der Waals surface area contributed by atoms with Crippen LogP contribution < -0.4 is 10.5 Å². The number of ether oxygens (including phenoxy) is 2. The molecule has 0 spiro atoms. The Kier molecular flexibility index (Phi) is 6.35. The van der Waals surface area contributed by atoms with Crippen LogP contribution in [-0.2, 0) is 11.2 Å². The second kappa shape index (κ2) is 8.45. The predicted octanol–water partition coefficient (Wildman–Crippen LogP) is 4.27. The minimum Gasteiger partial charge on any atom is -0.492 e. The molecule has 2 heterocycles. The number of amidine groups is 1. The summed E-state index contributed by atoms with van der Waals surface area (Å²) in [5, 5.41) is 0.205. The molecule has 2 aromatic rings. The van der Waals surface area contributed by atoms with E-state index in [0.29, 0.717) is 24.5 Å². The van der Waals surface area contributed by atoms with Crippen LogP contribution in [-0.4, -0.2) is 45.2 Å². The Morgan fingerprint density at radius 2 is 2.10 bits per heavy atom. The van der Waals surface area contributed by atoms with Crippen molar-refractivity contribution in [3.05, 3.63) is 32.6 Å². The van der Waals surface area contributed by atoms with Gasteiger partial charge in [-0.3, -0.25) is 5.73 Å². The highest BCUT2D eigenvalue weighted by Gasteiger charge is 2.35. The number of halogens is 1. The van der Waals surface area contributed by atoms with E-state index in [4.69, 9.17) is 15.2 Å². The molecule has 0 unspecified atom stereocenters. The molecule has 2 amide bonds. The molecular formula is C19H21BrN3O4S2+. The number of fused-ring (bicyclic) bond motifs is 3. The summed E-state index contributed by atoms with van der Waals surface area (Å²) in [5.41, 5.74) is 6.68. The molecule has 154 valence electrons. The summed E-state index contributed by atoms with van der Waals surface area (Å²) in [6.45, 7) is 5.65. The van der Waals surface area contributed by atoms with Gasteiger partial charge in [0.05, 0.1) is 12.3 Å². The molecule has 1 aromatic heterocycles. The van der Waals surface area contributed by atoms with E-state index in [1.807, 2.05) is 18.2 Å². The number of nitrogens with two attached hydrogens (primary N) is 1. The van der Waals surface area contributed by atoms with E-state index < -0.39 is 17.6 Å². The third-order valence-electron chi connectivity index (χ3n) is 3.87. The van der Waals surface area contributed by atoms with Crippen LogP contribution in [0.15, 0.2) is 22.7 Å². The minimum atomic E-state index is -0.826. The molecule has 0 fully saturated rings. The van der Waals surface area contributed by atoms with Crippen molar-refractivity contribution in [3.8, 4) is 17.0 Å². The molecule has 2 N–H and O–H groups in total. The second-order valence-electron chi connectivity index (χ2n) is 7.19. The van der Waals surface area contributed by atoms with Crippen LogP contribution in [0.2, 0.25) is 0 Å². The van der Waals surface area contributed by atoms with E-state index in [1.54, 1.807) is 27.0 Å². The molecule has 0 aliphatic carbocycles. The highest BCUT2D eigenvalue weighted by atomic mass is 79.9. The SMILES string of the molecule is CSC(N)=[N+](C(=O)OC(C)(C)C)C(=O)c1nc2c(s1)CCOc1cc(Br)ccc1-2. The summed E-state index contributed by atoms with van der Waals surface area (Å²) >= 11 is 5.76. The number of rotatable bonds is 1. The molecule has 0 atom stereocenters. The monoisotopic (exact) mass is 498 g/mol. The van der Waals surface area contributed by atoms with Gasteiger partial charge in [0.1, 0.15) is 11.4 Å². The Labute approximate surface area is 185 Å². The van der Waals surface area contributed by atoms with Gasteiger partial charge >= 0.3 is 17.2 Å². The summed E-state index contributed by atoms with van der Waals surface area (Å²) in [5.74, 6) is 0.0883. The number of hydrogen-bond donors (Lipinski definition) is 1. The first-order valence-corrected chi connectivity index (χ1v) is 11.6. The third kappa shape index (κ3) is 4.81. The molecule has 1 aliphatic heterocycles. The number of thioether (sulfide) groups is 1. The Morgan fingerprint density at radius 1 is 1.38 bits per heavy atom. The Morgan fingerprint density at radius 3 is 2.76 bits per heavy atom. The van der Waals surface area contributed by atoms with Crippen molar-refractivity contribution in [1.29, 1.82) is 0 Å². The van der Waals surface area contributed by atoms with Gasteiger partial charge < -0.3 is 9.47 Å². The van der Waals surface area contributed by atoms with Crippen LogP contribution >= 0.6 is 39.0 Å². The van der Waals surface area contributed by atoms with E-state index >= 15 is 0 Å². The van der Waals surface area contributed by atoms with E-state index in [9.17, 15) is 9.59 Å². The molecule has 10 heteroatoms. The summed E-state index contributed by atoms with van der Waals surface area (Å²) in [7, 11) is 0. The van der Waals surface area contributed by atoms with Crippen molar-refractivity contribution in [2.45, 2.75) is 32.8 Å². The quantitative estimate of drug-likeness (QED) is 0.356. The molecule has 0 bridgehead atoms. The summed E-state index contributed by atoms with van der Waals surface area (Å²) in [6, 6.07) is 5.66. The maximum atomic E-state index is 13.2. The summed E-state index contributed by atoms with van der Waals surface area (Å²) < 4.78 is 12.9. The fourth-order valence-electron chi connectivity index (χ4n) is 2.66. The summed E-state index contributed by atoms with van der Waals surface area (Å²) in [4.78, 5) is 31.3. The number of hydrogen-bond acceptors (Lipinski definition) is 7. The Bertz CT molecular complexity index is 1010.